The van der Waals surface area contributed by atoms with Gasteiger partial charge in [-0.2, -0.15) is 0 Å². The Kier molecular flexibility index (Phi) is 7.99. The van der Waals surface area contributed by atoms with Crippen LogP contribution in [-0.4, -0.2) is 0 Å². The van der Waals surface area contributed by atoms with Gasteiger partial charge in [-0.05, 0) is 92.6 Å². The van der Waals surface area contributed by atoms with Crippen molar-refractivity contribution in [2.75, 3.05) is 0 Å². The smallest absolute Gasteiger partial charge is 0.00531 e. The maximum absolute atomic E-state index is 3.82. The molecule has 0 amide bonds. The van der Waals surface area contributed by atoms with Gasteiger partial charge in [0.05, 0.1) is 0 Å². The van der Waals surface area contributed by atoms with E-state index in [-0.39, 0.29) is 0 Å². The first-order chi connectivity index (χ1) is 13.3. The fourth-order valence-corrected chi connectivity index (χ4v) is 4.84. The van der Waals surface area contributed by atoms with Gasteiger partial charge in [0.2, 0.25) is 0 Å². The van der Waals surface area contributed by atoms with Crippen molar-refractivity contribution in [3.8, 4) is 0 Å². The summed E-state index contributed by atoms with van der Waals surface area (Å²) in [7, 11) is 0. The lowest BCUT2D eigenvalue weighted by molar-refractivity contribution is 0.374. The third kappa shape index (κ3) is 6.23. The van der Waals surface area contributed by atoms with E-state index in [2.05, 4.69) is 62.1 Å². The molecule has 3 rings (SSSR count). The van der Waals surface area contributed by atoms with Gasteiger partial charge in [-0.1, -0.05) is 68.0 Å². The summed E-state index contributed by atoms with van der Waals surface area (Å²) < 4.78 is 0. The molecule has 0 heteroatoms. The predicted molar refractivity (Wildman–Crippen MR) is 119 cm³/mol. The molecule has 0 saturated heterocycles. The summed E-state index contributed by atoms with van der Waals surface area (Å²) in [6.45, 7) is 6.12. The van der Waals surface area contributed by atoms with Gasteiger partial charge in [0.15, 0.2) is 0 Å². The van der Waals surface area contributed by atoms with Crippen molar-refractivity contribution in [2.24, 2.45) is 17.8 Å². The second-order valence-electron chi connectivity index (χ2n) is 8.74. The Balaban J connectivity index is 1.43. The average molecular weight is 363 g/mol. The summed E-state index contributed by atoms with van der Waals surface area (Å²) in [5, 5.41) is 0. The molecule has 1 aromatic rings. The van der Waals surface area contributed by atoms with Crippen molar-refractivity contribution < 1.29 is 0 Å². The first-order valence-electron chi connectivity index (χ1n) is 11.3. The van der Waals surface area contributed by atoms with E-state index in [0.717, 1.165) is 30.6 Å². The van der Waals surface area contributed by atoms with Gasteiger partial charge in [-0.25, -0.2) is 0 Å². The number of allylic oxidation sites excluding steroid dienone is 5. The van der Waals surface area contributed by atoms with Crippen LogP contribution in [0.15, 0.2) is 61.2 Å². The summed E-state index contributed by atoms with van der Waals surface area (Å²) in [4.78, 5) is 0. The van der Waals surface area contributed by atoms with E-state index in [1.54, 1.807) is 5.56 Å². The highest BCUT2D eigenvalue weighted by Crippen LogP contribution is 2.37. The third-order valence-corrected chi connectivity index (χ3v) is 6.65. The second kappa shape index (κ2) is 10.7. The van der Waals surface area contributed by atoms with E-state index in [4.69, 9.17) is 0 Å². The van der Waals surface area contributed by atoms with Gasteiger partial charge in [0.1, 0.15) is 0 Å². The zero-order chi connectivity index (χ0) is 18.9. The predicted octanol–water partition coefficient (Wildman–Crippen LogP) is 8.02. The van der Waals surface area contributed by atoms with Crippen LogP contribution >= 0.6 is 0 Å². The summed E-state index contributed by atoms with van der Waals surface area (Å²) >= 11 is 0. The van der Waals surface area contributed by atoms with Crippen molar-refractivity contribution in [3.05, 3.63) is 72.4 Å². The lowest BCUT2D eigenvalue weighted by Crippen LogP contribution is -2.12. The number of benzene rings is 1. The Morgan fingerprint density at radius 3 is 2.33 bits per heavy atom. The molecule has 0 N–H and O–H groups in total. The lowest BCUT2D eigenvalue weighted by atomic mass is 9.78. The number of aryl methyl sites for hydroxylation is 1. The van der Waals surface area contributed by atoms with E-state index in [9.17, 15) is 0 Å². The highest BCUT2D eigenvalue weighted by Gasteiger charge is 2.21. The van der Waals surface area contributed by atoms with Crippen LogP contribution < -0.4 is 0 Å². The van der Waals surface area contributed by atoms with Crippen molar-refractivity contribution in [1.82, 2.24) is 0 Å². The number of hydrogen-bond acceptors (Lipinski definition) is 0. The largest absolute Gasteiger partial charge is 0.103 e. The van der Waals surface area contributed by atoms with Crippen LogP contribution in [0.4, 0.5) is 0 Å². The standard InChI is InChI=1S/C27H38/c1-3-5-7-23-14-18-26(19-15-23)27-20-16-25(17-21-27)13-12-24-10-8-22(6-4-2)9-11-24/h3,8,10,12-15,18-19,22,24-25,27H,1,4-7,9,11,16-17,20-21H2,2H3/b13-12+. The summed E-state index contributed by atoms with van der Waals surface area (Å²) in [5.74, 6) is 3.11. The molecular weight excluding hydrogens is 324 g/mol. The van der Waals surface area contributed by atoms with Crippen LogP contribution in [0.1, 0.15) is 81.8 Å². The maximum Gasteiger partial charge on any atom is -0.00531 e. The normalized spacial score (nSPS) is 28.5. The topological polar surface area (TPSA) is 0 Å². The van der Waals surface area contributed by atoms with E-state index < -0.39 is 0 Å². The monoisotopic (exact) mass is 362 g/mol. The van der Waals surface area contributed by atoms with Crippen LogP contribution in [-0.2, 0) is 6.42 Å². The third-order valence-electron chi connectivity index (χ3n) is 6.65. The van der Waals surface area contributed by atoms with E-state index in [1.165, 1.54) is 56.9 Å². The summed E-state index contributed by atoms with van der Waals surface area (Å²) in [6.07, 6.45) is 25.0. The fourth-order valence-electron chi connectivity index (χ4n) is 4.84. The maximum atomic E-state index is 3.82. The molecule has 27 heavy (non-hydrogen) atoms. The van der Waals surface area contributed by atoms with E-state index in [0.29, 0.717) is 5.92 Å². The molecule has 2 atom stereocenters. The van der Waals surface area contributed by atoms with Crippen LogP contribution in [0.3, 0.4) is 0 Å². The molecule has 1 aromatic carbocycles. The van der Waals surface area contributed by atoms with Crippen LogP contribution in [0.5, 0.6) is 0 Å². The highest BCUT2D eigenvalue weighted by atomic mass is 14.3. The Hall–Kier alpha value is -1.56. The second-order valence-corrected chi connectivity index (χ2v) is 8.74. The first-order valence-corrected chi connectivity index (χ1v) is 11.3. The molecule has 0 aliphatic heterocycles. The zero-order valence-corrected chi connectivity index (χ0v) is 17.3. The first kappa shape index (κ1) is 20.2. The quantitative estimate of drug-likeness (QED) is 0.411. The van der Waals surface area contributed by atoms with Crippen molar-refractivity contribution >= 4 is 0 Å². The Morgan fingerprint density at radius 2 is 1.70 bits per heavy atom. The minimum atomic E-state index is 0.693. The molecular formula is C27H38. The van der Waals surface area contributed by atoms with Crippen LogP contribution in [0, 0.1) is 17.8 Å². The molecule has 2 aliphatic carbocycles. The summed E-state index contributed by atoms with van der Waals surface area (Å²) in [6, 6.07) is 9.40. The average Bonchev–Trinajstić information content (AvgIpc) is 2.73. The van der Waals surface area contributed by atoms with E-state index >= 15 is 0 Å². The molecule has 2 unspecified atom stereocenters. The molecule has 0 bridgehead atoms. The fraction of sp³-hybridized carbons (Fsp3) is 0.556. The molecule has 0 nitrogen and oxygen atoms in total. The molecule has 1 saturated carbocycles. The minimum absolute atomic E-state index is 0.693. The Morgan fingerprint density at radius 1 is 0.926 bits per heavy atom. The van der Waals surface area contributed by atoms with Gasteiger partial charge in [0, 0.05) is 0 Å². The summed E-state index contributed by atoms with van der Waals surface area (Å²) in [5.41, 5.74) is 2.99. The van der Waals surface area contributed by atoms with Gasteiger partial charge < -0.3 is 0 Å². The van der Waals surface area contributed by atoms with Crippen LogP contribution in [0.25, 0.3) is 0 Å². The molecule has 146 valence electrons. The Bertz CT molecular complexity index is 610. The Labute approximate surface area is 167 Å². The highest BCUT2D eigenvalue weighted by molar-refractivity contribution is 5.26. The van der Waals surface area contributed by atoms with Crippen molar-refractivity contribution in [3.63, 3.8) is 0 Å². The molecule has 0 heterocycles. The van der Waals surface area contributed by atoms with Gasteiger partial charge in [0.25, 0.3) is 0 Å². The lowest BCUT2D eigenvalue weighted by Gasteiger charge is -2.28. The van der Waals surface area contributed by atoms with Crippen molar-refractivity contribution in [1.29, 1.82) is 0 Å². The minimum Gasteiger partial charge on any atom is -0.103 e. The van der Waals surface area contributed by atoms with Gasteiger partial charge in [-0.15, -0.1) is 6.58 Å². The molecule has 0 radical (unpaired) electrons. The number of rotatable bonds is 8. The molecule has 0 aromatic heterocycles. The van der Waals surface area contributed by atoms with Crippen molar-refractivity contribution in [2.45, 2.75) is 77.0 Å². The molecule has 0 spiro atoms. The SMILES string of the molecule is C=CCCc1ccc(C2CCC(/C=C/C3C=CC(CCC)CC3)CC2)cc1. The van der Waals surface area contributed by atoms with Crippen LogP contribution in [0.2, 0.25) is 0 Å². The molecule has 1 fully saturated rings. The van der Waals surface area contributed by atoms with Gasteiger partial charge >= 0.3 is 0 Å². The molecule has 2 aliphatic rings. The number of hydrogen-bond donors (Lipinski definition) is 0. The van der Waals surface area contributed by atoms with Gasteiger partial charge in [-0.3, -0.25) is 0 Å². The van der Waals surface area contributed by atoms with E-state index in [1.807, 2.05) is 6.08 Å². The zero-order valence-electron chi connectivity index (χ0n) is 17.3.